The summed E-state index contributed by atoms with van der Waals surface area (Å²) < 4.78 is 5.48. The van der Waals surface area contributed by atoms with Gasteiger partial charge >= 0.3 is 0 Å². The summed E-state index contributed by atoms with van der Waals surface area (Å²) in [6, 6.07) is 12.7. The van der Waals surface area contributed by atoms with E-state index in [1.807, 2.05) is 0 Å². The number of morpholine rings is 1. The van der Waals surface area contributed by atoms with Crippen LogP contribution in [0.2, 0.25) is 0 Å². The molecule has 0 spiro atoms. The molecule has 1 fully saturated rings. The molecule has 0 amide bonds. The van der Waals surface area contributed by atoms with Crippen molar-refractivity contribution in [3.63, 3.8) is 0 Å². The van der Waals surface area contributed by atoms with Crippen LogP contribution in [-0.4, -0.2) is 47.8 Å². The molecule has 0 radical (unpaired) electrons. The summed E-state index contributed by atoms with van der Waals surface area (Å²) >= 11 is 0. The molecular formula is C20H25N5O. The van der Waals surface area contributed by atoms with Gasteiger partial charge in [-0.15, -0.1) is 0 Å². The van der Waals surface area contributed by atoms with Gasteiger partial charge in [-0.1, -0.05) is 30.3 Å². The SMILES string of the molecule is CCN(Cc1ccccc1)c1nc(N2CCOCC2)nc2[nH]c(C)cc12. The first-order chi connectivity index (χ1) is 12.7. The molecule has 6 heteroatoms. The molecule has 26 heavy (non-hydrogen) atoms. The van der Waals surface area contributed by atoms with Crippen LogP contribution in [0.25, 0.3) is 11.0 Å². The van der Waals surface area contributed by atoms with E-state index in [4.69, 9.17) is 14.7 Å². The number of nitrogens with zero attached hydrogens (tertiary/aromatic N) is 4. The molecule has 1 saturated heterocycles. The number of hydrogen-bond acceptors (Lipinski definition) is 5. The fraction of sp³-hybridized carbons (Fsp3) is 0.400. The molecular weight excluding hydrogens is 326 g/mol. The van der Waals surface area contributed by atoms with Gasteiger partial charge in [0.25, 0.3) is 0 Å². The van der Waals surface area contributed by atoms with Gasteiger partial charge in [-0.3, -0.25) is 0 Å². The van der Waals surface area contributed by atoms with Crippen LogP contribution in [0.4, 0.5) is 11.8 Å². The summed E-state index contributed by atoms with van der Waals surface area (Å²) in [6.45, 7) is 9.05. The zero-order valence-corrected chi connectivity index (χ0v) is 15.4. The Hall–Kier alpha value is -2.60. The molecule has 4 rings (SSSR count). The van der Waals surface area contributed by atoms with Crippen molar-refractivity contribution < 1.29 is 4.74 Å². The van der Waals surface area contributed by atoms with Gasteiger partial charge in [0.1, 0.15) is 11.5 Å². The largest absolute Gasteiger partial charge is 0.378 e. The Morgan fingerprint density at radius 3 is 2.65 bits per heavy atom. The number of aromatic nitrogens is 3. The Bertz CT molecular complexity index is 871. The minimum Gasteiger partial charge on any atom is -0.378 e. The van der Waals surface area contributed by atoms with Gasteiger partial charge in [-0.25, -0.2) is 0 Å². The first kappa shape index (κ1) is 16.8. The van der Waals surface area contributed by atoms with Crippen molar-refractivity contribution in [3.8, 4) is 0 Å². The van der Waals surface area contributed by atoms with Crippen LogP contribution in [0.15, 0.2) is 36.4 Å². The molecule has 3 aromatic rings. The molecule has 0 unspecified atom stereocenters. The number of nitrogens with one attached hydrogen (secondary N) is 1. The molecule has 1 aliphatic heterocycles. The molecule has 1 N–H and O–H groups in total. The van der Waals surface area contributed by atoms with E-state index in [1.54, 1.807) is 0 Å². The van der Waals surface area contributed by atoms with E-state index in [0.717, 1.165) is 67.9 Å². The summed E-state index contributed by atoms with van der Waals surface area (Å²) in [4.78, 5) is 17.7. The smallest absolute Gasteiger partial charge is 0.229 e. The van der Waals surface area contributed by atoms with Gasteiger partial charge in [-0.05, 0) is 25.5 Å². The van der Waals surface area contributed by atoms with Gasteiger partial charge < -0.3 is 19.5 Å². The summed E-state index contributed by atoms with van der Waals surface area (Å²) in [5.74, 6) is 1.77. The van der Waals surface area contributed by atoms with E-state index >= 15 is 0 Å². The van der Waals surface area contributed by atoms with Crippen LogP contribution in [0, 0.1) is 6.92 Å². The second-order valence-electron chi connectivity index (χ2n) is 6.66. The monoisotopic (exact) mass is 351 g/mol. The van der Waals surface area contributed by atoms with Crippen LogP contribution in [0.3, 0.4) is 0 Å². The van der Waals surface area contributed by atoms with Gasteiger partial charge in [0.05, 0.1) is 18.6 Å². The van der Waals surface area contributed by atoms with Crippen molar-refractivity contribution in [3.05, 3.63) is 47.7 Å². The summed E-state index contributed by atoms with van der Waals surface area (Å²) in [6.07, 6.45) is 0. The number of benzene rings is 1. The second-order valence-corrected chi connectivity index (χ2v) is 6.66. The zero-order valence-electron chi connectivity index (χ0n) is 15.4. The molecule has 0 aliphatic carbocycles. The van der Waals surface area contributed by atoms with Crippen LogP contribution < -0.4 is 9.80 Å². The highest BCUT2D eigenvalue weighted by Crippen LogP contribution is 2.28. The maximum atomic E-state index is 5.48. The van der Waals surface area contributed by atoms with Crippen LogP contribution in [0.1, 0.15) is 18.2 Å². The topological polar surface area (TPSA) is 57.3 Å². The standard InChI is InChI=1S/C20H25N5O/c1-3-24(14-16-7-5-4-6-8-16)19-17-13-15(2)21-18(17)22-20(23-19)25-9-11-26-12-10-25/h4-8,13H,3,9-12,14H2,1-2H3,(H,21,22,23). The number of fused-ring (bicyclic) bond motifs is 1. The number of rotatable bonds is 5. The van der Waals surface area contributed by atoms with E-state index in [-0.39, 0.29) is 0 Å². The molecule has 2 aromatic heterocycles. The first-order valence-corrected chi connectivity index (χ1v) is 9.23. The maximum Gasteiger partial charge on any atom is 0.229 e. The predicted octanol–water partition coefficient (Wildman–Crippen LogP) is 3.13. The first-order valence-electron chi connectivity index (χ1n) is 9.23. The minimum absolute atomic E-state index is 0.724. The quantitative estimate of drug-likeness (QED) is 0.765. The van der Waals surface area contributed by atoms with E-state index < -0.39 is 0 Å². The zero-order chi connectivity index (χ0) is 17.9. The van der Waals surface area contributed by atoms with Gasteiger partial charge in [-0.2, -0.15) is 9.97 Å². The molecule has 1 aliphatic rings. The molecule has 0 atom stereocenters. The average molecular weight is 351 g/mol. The van der Waals surface area contributed by atoms with Crippen molar-refractivity contribution in [1.29, 1.82) is 0 Å². The normalized spacial score (nSPS) is 14.8. The molecule has 1 aromatic carbocycles. The third-order valence-electron chi connectivity index (χ3n) is 4.78. The Labute approximate surface area is 153 Å². The lowest BCUT2D eigenvalue weighted by Crippen LogP contribution is -2.37. The van der Waals surface area contributed by atoms with E-state index in [2.05, 4.69) is 65.0 Å². The lowest BCUT2D eigenvalue weighted by molar-refractivity contribution is 0.122. The number of ether oxygens (including phenoxy) is 1. The number of hydrogen-bond donors (Lipinski definition) is 1. The fourth-order valence-electron chi connectivity index (χ4n) is 3.40. The van der Waals surface area contributed by atoms with Crippen molar-refractivity contribution in [2.24, 2.45) is 0 Å². The summed E-state index contributed by atoms with van der Waals surface area (Å²) in [5.41, 5.74) is 3.28. The van der Waals surface area contributed by atoms with Crippen molar-refractivity contribution >= 4 is 22.8 Å². The van der Waals surface area contributed by atoms with E-state index in [0.29, 0.717) is 0 Å². The minimum atomic E-state index is 0.724. The molecule has 0 bridgehead atoms. The Morgan fingerprint density at radius 1 is 1.15 bits per heavy atom. The number of anilines is 2. The van der Waals surface area contributed by atoms with Crippen LogP contribution >= 0.6 is 0 Å². The fourth-order valence-corrected chi connectivity index (χ4v) is 3.40. The third-order valence-corrected chi connectivity index (χ3v) is 4.78. The predicted molar refractivity (Wildman–Crippen MR) is 105 cm³/mol. The Balaban J connectivity index is 1.75. The van der Waals surface area contributed by atoms with Crippen molar-refractivity contribution in [2.75, 3.05) is 42.6 Å². The van der Waals surface area contributed by atoms with Gasteiger partial charge in [0.15, 0.2) is 0 Å². The Kier molecular flexibility index (Phi) is 4.75. The average Bonchev–Trinajstić information content (AvgIpc) is 3.07. The third kappa shape index (κ3) is 3.37. The van der Waals surface area contributed by atoms with Crippen molar-refractivity contribution in [2.45, 2.75) is 20.4 Å². The molecule has 3 heterocycles. The Morgan fingerprint density at radius 2 is 1.92 bits per heavy atom. The maximum absolute atomic E-state index is 5.48. The highest BCUT2D eigenvalue weighted by atomic mass is 16.5. The van der Waals surface area contributed by atoms with Crippen LogP contribution in [-0.2, 0) is 11.3 Å². The highest BCUT2D eigenvalue weighted by molar-refractivity contribution is 5.89. The number of aryl methyl sites for hydroxylation is 1. The number of aromatic amines is 1. The van der Waals surface area contributed by atoms with Crippen LogP contribution in [0.5, 0.6) is 0 Å². The summed E-state index contributed by atoms with van der Waals surface area (Å²) in [7, 11) is 0. The molecule has 0 saturated carbocycles. The van der Waals surface area contributed by atoms with E-state index in [9.17, 15) is 0 Å². The second kappa shape index (κ2) is 7.33. The molecule has 136 valence electrons. The van der Waals surface area contributed by atoms with Gasteiger partial charge in [0.2, 0.25) is 5.95 Å². The molecule has 6 nitrogen and oxygen atoms in total. The van der Waals surface area contributed by atoms with Gasteiger partial charge in [0, 0.05) is 31.9 Å². The lowest BCUT2D eigenvalue weighted by atomic mass is 10.2. The lowest BCUT2D eigenvalue weighted by Gasteiger charge is -2.29. The van der Waals surface area contributed by atoms with Crippen molar-refractivity contribution in [1.82, 2.24) is 15.0 Å². The van der Waals surface area contributed by atoms with E-state index in [1.165, 1.54) is 5.56 Å². The highest BCUT2D eigenvalue weighted by Gasteiger charge is 2.20. The summed E-state index contributed by atoms with van der Waals surface area (Å²) in [5, 5.41) is 1.08. The number of H-pyrrole nitrogens is 1.